The SMILES string of the molecule is CC(=O)Nc1ccc(NC(=O)C(C)OC(=O)c2sc3ccccc3c2Cl)cc1. The van der Waals surface area contributed by atoms with E-state index in [4.69, 9.17) is 16.3 Å². The lowest BCUT2D eigenvalue weighted by Crippen LogP contribution is -2.29. The van der Waals surface area contributed by atoms with Crippen molar-refractivity contribution in [2.75, 3.05) is 10.6 Å². The van der Waals surface area contributed by atoms with Gasteiger partial charge in [0.15, 0.2) is 6.10 Å². The van der Waals surface area contributed by atoms with E-state index in [1.807, 2.05) is 24.3 Å². The number of hydrogen-bond acceptors (Lipinski definition) is 5. The smallest absolute Gasteiger partial charge is 0.350 e. The summed E-state index contributed by atoms with van der Waals surface area (Å²) in [7, 11) is 0. The van der Waals surface area contributed by atoms with Crippen molar-refractivity contribution >= 4 is 62.2 Å². The van der Waals surface area contributed by atoms with Crippen LogP contribution in [0.1, 0.15) is 23.5 Å². The van der Waals surface area contributed by atoms with Gasteiger partial charge < -0.3 is 15.4 Å². The number of thiophene rings is 1. The van der Waals surface area contributed by atoms with Crippen molar-refractivity contribution in [1.82, 2.24) is 0 Å². The highest BCUT2D eigenvalue weighted by molar-refractivity contribution is 7.21. The average Bonchev–Trinajstić information content (AvgIpc) is 3.00. The quantitative estimate of drug-likeness (QED) is 0.590. The Balaban J connectivity index is 1.64. The molecule has 3 aromatic rings. The number of ether oxygens (including phenoxy) is 1. The number of carbonyl (C=O) groups is 3. The van der Waals surface area contributed by atoms with Crippen LogP contribution in [0.5, 0.6) is 0 Å². The molecule has 0 radical (unpaired) electrons. The average molecular weight is 417 g/mol. The van der Waals surface area contributed by atoms with Crippen molar-refractivity contribution in [1.29, 1.82) is 0 Å². The Kier molecular flexibility index (Phi) is 5.96. The topological polar surface area (TPSA) is 84.5 Å². The third kappa shape index (κ3) is 4.49. The van der Waals surface area contributed by atoms with Crippen molar-refractivity contribution < 1.29 is 19.1 Å². The number of nitrogens with one attached hydrogen (secondary N) is 2. The Hall–Kier alpha value is -2.90. The van der Waals surface area contributed by atoms with Crippen LogP contribution in [0, 0.1) is 0 Å². The molecule has 0 bridgehead atoms. The summed E-state index contributed by atoms with van der Waals surface area (Å²) in [4.78, 5) is 36.0. The van der Waals surface area contributed by atoms with Crippen LogP contribution in [0.2, 0.25) is 5.02 Å². The Morgan fingerprint density at radius 2 is 1.61 bits per heavy atom. The molecule has 3 rings (SSSR count). The summed E-state index contributed by atoms with van der Waals surface area (Å²) in [6, 6.07) is 14.0. The first-order chi connectivity index (χ1) is 13.3. The number of esters is 1. The van der Waals surface area contributed by atoms with Gasteiger partial charge in [-0.25, -0.2) is 4.79 Å². The number of benzene rings is 2. The van der Waals surface area contributed by atoms with E-state index in [9.17, 15) is 14.4 Å². The van der Waals surface area contributed by atoms with Gasteiger partial charge in [-0.1, -0.05) is 29.8 Å². The molecule has 144 valence electrons. The molecular formula is C20H17ClN2O4S. The summed E-state index contributed by atoms with van der Waals surface area (Å²) >= 11 is 7.50. The Morgan fingerprint density at radius 1 is 1.00 bits per heavy atom. The van der Waals surface area contributed by atoms with E-state index in [2.05, 4.69) is 10.6 Å². The standard InChI is InChI=1S/C20H17ClN2O4S/c1-11(19(25)23-14-9-7-13(8-10-14)22-12(2)24)27-20(26)18-17(21)15-5-3-4-6-16(15)28-18/h3-11H,1-2H3,(H,22,24)(H,23,25). The van der Waals surface area contributed by atoms with Gasteiger partial charge in [0.1, 0.15) is 4.88 Å². The lowest BCUT2D eigenvalue weighted by molar-refractivity contribution is -0.123. The zero-order valence-electron chi connectivity index (χ0n) is 15.1. The van der Waals surface area contributed by atoms with E-state index in [0.29, 0.717) is 16.4 Å². The maximum Gasteiger partial charge on any atom is 0.350 e. The molecule has 2 aromatic carbocycles. The number of carbonyl (C=O) groups excluding carboxylic acids is 3. The van der Waals surface area contributed by atoms with Gasteiger partial charge in [0.05, 0.1) is 5.02 Å². The largest absolute Gasteiger partial charge is 0.448 e. The van der Waals surface area contributed by atoms with E-state index in [-0.39, 0.29) is 10.8 Å². The zero-order chi connectivity index (χ0) is 20.3. The van der Waals surface area contributed by atoms with Crippen LogP contribution in [-0.2, 0) is 14.3 Å². The van der Waals surface area contributed by atoms with E-state index in [0.717, 1.165) is 10.1 Å². The molecule has 0 spiro atoms. The minimum Gasteiger partial charge on any atom is -0.448 e. The first-order valence-corrected chi connectivity index (χ1v) is 9.61. The molecule has 2 amide bonds. The molecule has 8 heteroatoms. The van der Waals surface area contributed by atoms with Gasteiger partial charge in [-0.2, -0.15) is 0 Å². The summed E-state index contributed by atoms with van der Waals surface area (Å²) < 4.78 is 6.15. The van der Waals surface area contributed by atoms with Crippen LogP contribution in [0.4, 0.5) is 11.4 Å². The number of hydrogen-bond donors (Lipinski definition) is 2. The molecule has 6 nitrogen and oxygen atoms in total. The minimum absolute atomic E-state index is 0.183. The Bertz CT molecular complexity index is 1050. The molecule has 0 saturated heterocycles. The van der Waals surface area contributed by atoms with Gasteiger partial charge in [0.2, 0.25) is 5.91 Å². The van der Waals surface area contributed by atoms with Crippen LogP contribution < -0.4 is 10.6 Å². The molecule has 1 heterocycles. The lowest BCUT2D eigenvalue weighted by atomic mass is 10.2. The summed E-state index contributed by atoms with van der Waals surface area (Å²) in [6.07, 6.45) is -1.01. The molecule has 1 atom stereocenters. The van der Waals surface area contributed by atoms with Crippen LogP contribution >= 0.6 is 22.9 Å². The third-order valence-electron chi connectivity index (χ3n) is 3.85. The summed E-state index contributed by atoms with van der Waals surface area (Å²) in [6.45, 7) is 2.90. The van der Waals surface area contributed by atoms with E-state index < -0.39 is 18.0 Å². The van der Waals surface area contributed by atoms with Gasteiger partial charge in [-0.15, -0.1) is 11.3 Å². The second-order valence-corrected chi connectivity index (χ2v) is 7.47. The van der Waals surface area contributed by atoms with Gasteiger partial charge >= 0.3 is 5.97 Å². The third-order valence-corrected chi connectivity index (χ3v) is 5.50. The number of anilines is 2. The van der Waals surface area contributed by atoms with E-state index >= 15 is 0 Å². The number of halogens is 1. The van der Waals surface area contributed by atoms with Crippen molar-refractivity contribution in [3.05, 3.63) is 58.4 Å². The molecule has 2 N–H and O–H groups in total. The maximum absolute atomic E-state index is 12.4. The highest BCUT2D eigenvalue weighted by Crippen LogP contribution is 2.35. The van der Waals surface area contributed by atoms with Gasteiger partial charge in [0, 0.05) is 28.4 Å². The van der Waals surface area contributed by atoms with Gasteiger partial charge in [0.25, 0.3) is 5.91 Å². The molecular weight excluding hydrogens is 400 g/mol. The first-order valence-electron chi connectivity index (χ1n) is 8.41. The monoisotopic (exact) mass is 416 g/mol. The van der Waals surface area contributed by atoms with Gasteiger partial charge in [-0.3, -0.25) is 9.59 Å². The molecule has 0 saturated carbocycles. The van der Waals surface area contributed by atoms with Crippen LogP contribution in [-0.4, -0.2) is 23.9 Å². The summed E-state index contributed by atoms with van der Waals surface area (Å²) in [5.41, 5.74) is 1.13. The van der Waals surface area contributed by atoms with Crippen molar-refractivity contribution in [2.45, 2.75) is 20.0 Å². The first kappa shape index (κ1) is 19.9. The fourth-order valence-electron chi connectivity index (χ4n) is 2.50. The van der Waals surface area contributed by atoms with Crippen molar-refractivity contribution in [3.8, 4) is 0 Å². The van der Waals surface area contributed by atoms with Gasteiger partial charge in [-0.05, 0) is 37.3 Å². The second kappa shape index (κ2) is 8.41. The van der Waals surface area contributed by atoms with Crippen molar-refractivity contribution in [2.24, 2.45) is 0 Å². The van der Waals surface area contributed by atoms with Crippen LogP contribution in [0.25, 0.3) is 10.1 Å². The Labute approximate surface area is 170 Å². The predicted molar refractivity (Wildman–Crippen MR) is 111 cm³/mol. The highest BCUT2D eigenvalue weighted by Gasteiger charge is 2.23. The lowest BCUT2D eigenvalue weighted by Gasteiger charge is -2.13. The highest BCUT2D eigenvalue weighted by atomic mass is 35.5. The van der Waals surface area contributed by atoms with Crippen LogP contribution in [0.3, 0.4) is 0 Å². The second-order valence-electron chi connectivity index (χ2n) is 6.04. The molecule has 1 unspecified atom stereocenters. The molecule has 0 aliphatic heterocycles. The maximum atomic E-state index is 12.4. The number of fused-ring (bicyclic) bond motifs is 1. The van der Waals surface area contributed by atoms with E-state index in [1.165, 1.54) is 25.2 Å². The molecule has 0 fully saturated rings. The number of amides is 2. The van der Waals surface area contributed by atoms with Crippen LogP contribution in [0.15, 0.2) is 48.5 Å². The number of rotatable bonds is 5. The predicted octanol–water partition coefficient (Wildman–Crippen LogP) is 4.70. The zero-order valence-corrected chi connectivity index (χ0v) is 16.7. The summed E-state index contributed by atoms with van der Waals surface area (Å²) in [5.74, 6) is -1.30. The molecule has 0 aliphatic rings. The Morgan fingerprint density at radius 3 is 2.21 bits per heavy atom. The molecule has 0 aliphatic carbocycles. The fourth-order valence-corrected chi connectivity index (χ4v) is 3.89. The fraction of sp³-hybridized carbons (Fsp3) is 0.150. The molecule has 28 heavy (non-hydrogen) atoms. The normalized spacial score (nSPS) is 11.7. The summed E-state index contributed by atoms with van der Waals surface area (Å²) in [5, 5.41) is 6.40. The van der Waals surface area contributed by atoms with E-state index in [1.54, 1.807) is 24.3 Å². The minimum atomic E-state index is -1.01. The van der Waals surface area contributed by atoms with Crippen molar-refractivity contribution in [3.63, 3.8) is 0 Å². The molecule has 1 aromatic heterocycles.